The third kappa shape index (κ3) is 1.16. The molecule has 0 saturated heterocycles. The first-order valence-corrected chi connectivity index (χ1v) is 4.24. The highest BCUT2D eigenvalue weighted by atomic mass is 16.4. The second-order valence-electron chi connectivity index (χ2n) is 3.31. The smallest absolute Gasteiger partial charge is 0.354 e. The van der Waals surface area contributed by atoms with E-state index in [1.165, 1.54) is 0 Å². The van der Waals surface area contributed by atoms with Gasteiger partial charge in [0.1, 0.15) is 5.69 Å². The molecule has 0 unspecified atom stereocenters. The first kappa shape index (κ1) is 8.74. The highest BCUT2D eigenvalue weighted by Crippen LogP contribution is 2.19. The molecular weight excluding hydrogens is 180 g/mol. The first-order chi connectivity index (χ1) is 6.59. The van der Waals surface area contributed by atoms with E-state index >= 15 is 0 Å². The van der Waals surface area contributed by atoms with Crippen LogP contribution in [-0.2, 0) is 7.05 Å². The van der Waals surface area contributed by atoms with Crippen molar-refractivity contribution < 1.29 is 9.90 Å². The molecule has 2 rings (SSSR count). The van der Waals surface area contributed by atoms with Gasteiger partial charge in [0.2, 0.25) is 0 Å². The largest absolute Gasteiger partial charge is 0.477 e. The number of hydrogen-bond acceptors (Lipinski definition) is 2. The highest BCUT2D eigenvalue weighted by Gasteiger charge is 2.08. The van der Waals surface area contributed by atoms with Crippen molar-refractivity contribution in [2.24, 2.45) is 7.05 Å². The molecule has 2 heterocycles. The molecule has 0 bridgehead atoms. The van der Waals surface area contributed by atoms with Crippen molar-refractivity contribution in [2.45, 2.75) is 6.92 Å². The van der Waals surface area contributed by atoms with Crippen LogP contribution in [0.25, 0.3) is 10.9 Å². The summed E-state index contributed by atoms with van der Waals surface area (Å²) in [6.45, 7) is 1.98. The Bertz CT molecular complexity index is 514. The zero-order chi connectivity index (χ0) is 10.3. The molecule has 2 aromatic heterocycles. The number of carboxylic acid groups (broad SMARTS) is 1. The number of pyridine rings is 1. The second kappa shape index (κ2) is 2.83. The van der Waals surface area contributed by atoms with Gasteiger partial charge in [0, 0.05) is 24.8 Å². The van der Waals surface area contributed by atoms with Crippen LogP contribution in [0.1, 0.15) is 16.1 Å². The summed E-state index contributed by atoms with van der Waals surface area (Å²) in [6, 6.07) is 1.59. The normalized spacial score (nSPS) is 10.7. The molecule has 0 fully saturated rings. The van der Waals surface area contributed by atoms with Gasteiger partial charge in [-0.2, -0.15) is 0 Å². The Morgan fingerprint density at radius 3 is 2.93 bits per heavy atom. The van der Waals surface area contributed by atoms with Gasteiger partial charge in [-0.25, -0.2) is 9.78 Å². The van der Waals surface area contributed by atoms with Gasteiger partial charge in [-0.15, -0.1) is 0 Å². The van der Waals surface area contributed by atoms with E-state index in [4.69, 9.17) is 5.11 Å². The molecular formula is C10H10N2O2. The SMILES string of the molecule is Cc1cn(C)c2cc(C(=O)O)ncc12. The Hall–Kier alpha value is -1.84. The molecule has 0 aromatic carbocycles. The first-order valence-electron chi connectivity index (χ1n) is 4.24. The Labute approximate surface area is 80.8 Å². The summed E-state index contributed by atoms with van der Waals surface area (Å²) in [5.41, 5.74) is 2.08. The molecule has 2 aromatic rings. The highest BCUT2D eigenvalue weighted by molar-refractivity contribution is 5.92. The van der Waals surface area contributed by atoms with E-state index in [0.29, 0.717) is 0 Å². The topological polar surface area (TPSA) is 55.1 Å². The minimum atomic E-state index is -0.995. The average Bonchev–Trinajstić information content (AvgIpc) is 2.42. The number of hydrogen-bond donors (Lipinski definition) is 1. The van der Waals surface area contributed by atoms with Crippen LogP contribution < -0.4 is 0 Å². The average molecular weight is 190 g/mol. The maximum atomic E-state index is 10.7. The summed E-state index contributed by atoms with van der Waals surface area (Å²) in [5.74, 6) is -0.995. The van der Waals surface area contributed by atoms with Gasteiger partial charge in [-0.1, -0.05) is 0 Å². The van der Waals surface area contributed by atoms with E-state index < -0.39 is 5.97 Å². The number of carboxylic acids is 1. The van der Waals surface area contributed by atoms with Crippen molar-refractivity contribution in [2.75, 3.05) is 0 Å². The van der Waals surface area contributed by atoms with Gasteiger partial charge in [0.25, 0.3) is 0 Å². The van der Waals surface area contributed by atoms with Crippen LogP contribution in [0.15, 0.2) is 18.5 Å². The van der Waals surface area contributed by atoms with E-state index in [9.17, 15) is 4.79 Å². The van der Waals surface area contributed by atoms with E-state index in [1.54, 1.807) is 12.3 Å². The lowest BCUT2D eigenvalue weighted by Gasteiger charge is -1.97. The standard InChI is InChI=1S/C10H10N2O2/c1-6-5-12(2)9-3-8(10(13)14)11-4-7(6)9/h3-5H,1-2H3,(H,13,14). The summed E-state index contributed by atoms with van der Waals surface area (Å²) >= 11 is 0. The Morgan fingerprint density at radius 1 is 1.57 bits per heavy atom. The van der Waals surface area contributed by atoms with Gasteiger partial charge in [-0.05, 0) is 18.6 Å². The van der Waals surface area contributed by atoms with E-state index in [-0.39, 0.29) is 5.69 Å². The second-order valence-corrected chi connectivity index (χ2v) is 3.31. The Balaban J connectivity index is 2.77. The Kier molecular flexibility index (Phi) is 1.77. The fourth-order valence-electron chi connectivity index (χ4n) is 1.59. The molecule has 0 atom stereocenters. The van der Waals surface area contributed by atoms with E-state index in [1.807, 2.05) is 24.7 Å². The van der Waals surface area contributed by atoms with Gasteiger partial charge in [-0.3, -0.25) is 0 Å². The number of nitrogens with zero attached hydrogens (tertiary/aromatic N) is 2. The van der Waals surface area contributed by atoms with Crippen LogP contribution in [-0.4, -0.2) is 20.6 Å². The molecule has 4 nitrogen and oxygen atoms in total. The summed E-state index contributed by atoms with van der Waals surface area (Å²) in [6.07, 6.45) is 3.56. The summed E-state index contributed by atoms with van der Waals surface area (Å²) < 4.78 is 1.90. The lowest BCUT2D eigenvalue weighted by Crippen LogP contribution is -1.99. The monoisotopic (exact) mass is 190 g/mol. The maximum Gasteiger partial charge on any atom is 0.354 e. The quantitative estimate of drug-likeness (QED) is 0.742. The van der Waals surface area contributed by atoms with E-state index in [0.717, 1.165) is 16.5 Å². The van der Waals surface area contributed by atoms with Crippen LogP contribution in [0.3, 0.4) is 0 Å². The third-order valence-electron chi connectivity index (χ3n) is 2.29. The molecule has 0 aliphatic heterocycles. The summed E-state index contributed by atoms with van der Waals surface area (Å²) in [4.78, 5) is 14.6. The van der Waals surface area contributed by atoms with E-state index in [2.05, 4.69) is 4.98 Å². The predicted molar refractivity (Wildman–Crippen MR) is 52.4 cm³/mol. The molecule has 14 heavy (non-hydrogen) atoms. The van der Waals surface area contributed by atoms with Crippen molar-refractivity contribution in [3.63, 3.8) is 0 Å². The molecule has 1 N–H and O–H groups in total. The number of aromatic nitrogens is 2. The third-order valence-corrected chi connectivity index (χ3v) is 2.29. The van der Waals surface area contributed by atoms with Crippen LogP contribution in [0.4, 0.5) is 0 Å². The van der Waals surface area contributed by atoms with Crippen molar-refractivity contribution in [3.8, 4) is 0 Å². The van der Waals surface area contributed by atoms with Crippen molar-refractivity contribution in [3.05, 3.63) is 29.7 Å². The number of fused-ring (bicyclic) bond motifs is 1. The fourth-order valence-corrected chi connectivity index (χ4v) is 1.59. The number of aryl methyl sites for hydroxylation is 2. The zero-order valence-corrected chi connectivity index (χ0v) is 7.98. The summed E-state index contributed by atoms with van der Waals surface area (Å²) in [5, 5.41) is 9.77. The minimum Gasteiger partial charge on any atom is -0.477 e. The van der Waals surface area contributed by atoms with Crippen molar-refractivity contribution in [1.82, 2.24) is 9.55 Å². The van der Waals surface area contributed by atoms with Gasteiger partial charge >= 0.3 is 5.97 Å². The maximum absolute atomic E-state index is 10.7. The lowest BCUT2D eigenvalue weighted by atomic mass is 10.2. The number of aromatic carboxylic acids is 1. The Morgan fingerprint density at radius 2 is 2.29 bits per heavy atom. The molecule has 0 aliphatic rings. The lowest BCUT2D eigenvalue weighted by molar-refractivity contribution is 0.0690. The summed E-state index contributed by atoms with van der Waals surface area (Å²) in [7, 11) is 1.89. The fraction of sp³-hybridized carbons (Fsp3) is 0.200. The number of carbonyl (C=O) groups is 1. The molecule has 0 spiro atoms. The van der Waals surface area contributed by atoms with Gasteiger partial charge in [0.15, 0.2) is 0 Å². The number of rotatable bonds is 1. The van der Waals surface area contributed by atoms with Crippen molar-refractivity contribution >= 4 is 16.9 Å². The van der Waals surface area contributed by atoms with Crippen LogP contribution in [0.2, 0.25) is 0 Å². The molecule has 0 radical (unpaired) electrons. The molecule has 72 valence electrons. The van der Waals surface area contributed by atoms with Crippen LogP contribution in [0, 0.1) is 6.92 Å². The zero-order valence-electron chi connectivity index (χ0n) is 7.98. The minimum absolute atomic E-state index is 0.0821. The molecule has 0 aliphatic carbocycles. The molecule has 4 heteroatoms. The van der Waals surface area contributed by atoms with Gasteiger partial charge < -0.3 is 9.67 Å². The molecule has 0 amide bonds. The van der Waals surface area contributed by atoms with Gasteiger partial charge in [0.05, 0.1) is 5.52 Å². The van der Waals surface area contributed by atoms with Crippen LogP contribution in [0.5, 0.6) is 0 Å². The predicted octanol–water partition coefficient (Wildman–Crippen LogP) is 1.58. The van der Waals surface area contributed by atoms with Crippen LogP contribution >= 0.6 is 0 Å². The molecule has 0 saturated carbocycles. The van der Waals surface area contributed by atoms with Crippen molar-refractivity contribution in [1.29, 1.82) is 0 Å².